The van der Waals surface area contributed by atoms with Crippen LogP contribution in [0, 0.1) is 0 Å². The number of hydrogen-bond acceptors (Lipinski definition) is 4. The molecule has 0 saturated carbocycles. The Morgan fingerprint density at radius 3 is 2.53 bits per heavy atom. The first kappa shape index (κ1) is 22.5. The van der Waals surface area contributed by atoms with Crippen molar-refractivity contribution in [2.75, 3.05) is 11.9 Å². The summed E-state index contributed by atoms with van der Waals surface area (Å²) in [6.45, 7) is -0.484. The SMILES string of the molecule is O=C(O)COc1cccc(NC(=O)C2=CCC=CC=C2NC(=O)c2ccc3ccccc3c2)c1. The number of fused-ring (bicyclic) bond motifs is 1. The average molecular weight is 454 g/mol. The van der Waals surface area contributed by atoms with Crippen LogP contribution in [0.25, 0.3) is 10.8 Å². The van der Waals surface area contributed by atoms with E-state index in [2.05, 4.69) is 10.6 Å². The zero-order valence-electron chi connectivity index (χ0n) is 18.2. The number of nitrogens with one attached hydrogen (secondary N) is 2. The van der Waals surface area contributed by atoms with Crippen LogP contribution in [-0.4, -0.2) is 29.5 Å². The molecule has 34 heavy (non-hydrogen) atoms. The van der Waals surface area contributed by atoms with Gasteiger partial charge in [0.25, 0.3) is 11.8 Å². The summed E-state index contributed by atoms with van der Waals surface area (Å²) in [6.07, 6.45) is 7.60. The standard InChI is InChI=1S/C27H22N2O5/c30-25(31)17-34-22-10-6-9-21(16-22)28-27(33)23-11-2-1-3-12-24(23)29-26(32)20-14-13-18-7-4-5-8-19(18)15-20/h1,3-16H,2,17H2,(H,28,33)(H,29,32)(H,30,31). The minimum atomic E-state index is -1.09. The monoisotopic (exact) mass is 454 g/mol. The molecular formula is C27H22N2O5. The van der Waals surface area contributed by atoms with E-state index in [-0.39, 0.29) is 5.91 Å². The molecule has 0 heterocycles. The molecule has 0 bridgehead atoms. The first-order valence-electron chi connectivity index (χ1n) is 10.6. The van der Waals surface area contributed by atoms with E-state index < -0.39 is 18.5 Å². The molecule has 0 saturated heterocycles. The van der Waals surface area contributed by atoms with Crippen LogP contribution in [0.5, 0.6) is 5.75 Å². The maximum Gasteiger partial charge on any atom is 0.341 e. The Balaban J connectivity index is 1.50. The lowest BCUT2D eigenvalue weighted by atomic mass is 10.1. The van der Waals surface area contributed by atoms with Crippen molar-refractivity contribution in [2.45, 2.75) is 6.42 Å². The third-order valence-electron chi connectivity index (χ3n) is 5.11. The number of amides is 2. The first-order chi connectivity index (χ1) is 16.5. The fraction of sp³-hybridized carbons (Fsp3) is 0.0741. The fourth-order valence-electron chi connectivity index (χ4n) is 3.48. The van der Waals surface area contributed by atoms with Crippen molar-refractivity contribution in [1.82, 2.24) is 5.32 Å². The second-order valence-corrected chi connectivity index (χ2v) is 7.54. The van der Waals surface area contributed by atoms with E-state index in [9.17, 15) is 14.4 Å². The predicted octanol–water partition coefficient (Wildman–Crippen LogP) is 4.44. The zero-order valence-corrected chi connectivity index (χ0v) is 18.2. The Kier molecular flexibility index (Phi) is 6.84. The van der Waals surface area contributed by atoms with Gasteiger partial charge < -0.3 is 20.5 Å². The van der Waals surface area contributed by atoms with E-state index >= 15 is 0 Å². The van der Waals surface area contributed by atoms with Gasteiger partial charge in [-0.15, -0.1) is 0 Å². The number of carbonyl (C=O) groups excluding carboxylic acids is 2. The Hall–Kier alpha value is -4.65. The van der Waals surface area contributed by atoms with Crippen molar-refractivity contribution in [2.24, 2.45) is 0 Å². The fourth-order valence-corrected chi connectivity index (χ4v) is 3.48. The summed E-state index contributed by atoms with van der Waals surface area (Å²) < 4.78 is 5.16. The molecule has 3 aromatic carbocycles. The molecule has 170 valence electrons. The van der Waals surface area contributed by atoms with Crippen LogP contribution in [0.15, 0.2) is 102 Å². The van der Waals surface area contributed by atoms with E-state index in [0.717, 1.165) is 10.8 Å². The lowest BCUT2D eigenvalue weighted by Crippen LogP contribution is -2.28. The van der Waals surface area contributed by atoms with Gasteiger partial charge in [0.15, 0.2) is 6.61 Å². The Labute approximate surface area is 196 Å². The molecule has 0 fully saturated rings. The number of carbonyl (C=O) groups is 3. The summed E-state index contributed by atoms with van der Waals surface area (Å²) in [4.78, 5) is 36.8. The van der Waals surface area contributed by atoms with Gasteiger partial charge in [-0.05, 0) is 47.5 Å². The van der Waals surface area contributed by atoms with E-state index in [1.807, 2.05) is 42.5 Å². The van der Waals surface area contributed by atoms with Crippen molar-refractivity contribution < 1.29 is 24.2 Å². The molecule has 0 aromatic heterocycles. The van der Waals surface area contributed by atoms with E-state index in [1.54, 1.807) is 42.5 Å². The molecule has 4 rings (SSSR count). The van der Waals surface area contributed by atoms with Gasteiger partial charge in [-0.1, -0.05) is 54.6 Å². The smallest absolute Gasteiger partial charge is 0.341 e. The second kappa shape index (κ2) is 10.3. The average Bonchev–Trinajstić information content (AvgIpc) is 3.08. The molecule has 0 aliphatic heterocycles. The molecule has 1 aliphatic rings. The van der Waals surface area contributed by atoms with Gasteiger partial charge in [0.2, 0.25) is 0 Å². The van der Waals surface area contributed by atoms with Gasteiger partial charge >= 0.3 is 5.97 Å². The van der Waals surface area contributed by atoms with Crippen LogP contribution in [0.1, 0.15) is 16.8 Å². The number of hydrogen-bond donors (Lipinski definition) is 3. The molecule has 1 aliphatic carbocycles. The van der Waals surface area contributed by atoms with Gasteiger partial charge in [-0.25, -0.2) is 4.79 Å². The number of carboxylic acid groups (broad SMARTS) is 1. The number of carboxylic acids is 1. The summed E-state index contributed by atoms with van der Waals surface area (Å²) in [5.41, 5.74) is 1.61. The number of ether oxygens (including phenoxy) is 1. The quantitative estimate of drug-likeness (QED) is 0.490. The minimum absolute atomic E-state index is 0.316. The van der Waals surface area contributed by atoms with Crippen molar-refractivity contribution in [3.63, 3.8) is 0 Å². The zero-order chi connectivity index (χ0) is 23.9. The van der Waals surface area contributed by atoms with Crippen LogP contribution in [0.4, 0.5) is 5.69 Å². The topological polar surface area (TPSA) is 105 Å². The maximum absolute atomic E-state index is 13.1. The highest BCUT2D eigenvalue weighted by Gasteiger charge is 2.19. The Morgan fingerprint density at radius 1 is 0.882 bits per heavy atom. The number of rotatable bonds is 7. The van der Waals surface area contributed by atoms with Crippen LogP contribution in [0.2, 0.25) is 0 Å². The molecule has 0 spiro atoms. The van der Waals surface area contributed by atoms with Gasteiger partial charge in [0.05, 0.1) is 11.3 Å². The molecule has 7 heteroatoms. The van der Waals surface area contributed by atoms with E-state index in [4.69, 9.17) is 9.84 Å². The summed E-state index contributed by atoms with van der Waals surface area (Å²) in [7, 11) is 0. The highest BCUT2D eigenvalue weighted by molar-refractivity contribution is 6.09. The van der Waals surface area contributed by atoms with Crippen LogP contribution in [0.3, 0.4) is 0 Å². The second-order valence-electron chi connectivity index (χ2n) is 7.54. The van der Waals surface area contributed by atoms with Gasteiger partial charge in [-0.2, -0.15) is 0 Å². The number of anilines is 1. The highest BCUT2D eigenvalue weighted by Crippen LogP contribution is 2.21. The lowest BCUT2D eigenvalue weighted by Gasteiger charge is -2.14. The molecular weight excluding hydrogens is 432 g/mol. The number of benzene rings is 3. The molecule has 3 N–H and O–H groups in total. The minimum Gasteiger partial charge on any atom is -0.482 e. The predicted molar refractivity (Wildman–Crippen MR) is 130 cm³/mol. The van der Waals surface area contributed by atoms with Gasteiger partial charge in [0.1, 0.15) is 5.75 Å². The lowest BCUT2D eigenvalue weighted by molar-refractivity contribution is -0.139. The van der Waals surface area contributed by atoms with Crippen LogP contribution >= 0.6 is 0 Å². The summed E-state index contributed by atoms with van der Waals surface area (Å²) in [5.74, 6) is -1.52. The van der Waals surface area contributed by atoms with Crippen molar-refractivity contribution in [1.29, 1.82) is 0 Å². The number of aliphatic carboxylic acids is 1. The third kappa shape index (κ3) is 5.58. The molecule has 0 radical (unpaired) electrons. The Bertz CT molecular complexity index is 1350. The Morgan fingerprint density at radius 2 is 1.71 bits per heavy atom. The summed E-state index contributed by atoms with van der Waals surface area (Å²) in [5, 5.41) is 16.4. The van der Waals surface area contributed by atoms with Crippen LogP contribution < -0.4 is 15.4 Å². The summed E-state index contributed by atoms with van der Waals surface area (Å²) >= 11 is 0. The maximum atomic E-state index is 13.1. The van der Waals surface area contributed by atoms with E-state index in [0.29, 0.717) is 34.7 Å². The van der Waals surface area contributed by atoms with Crippen LogP contribution in [-0.2, 0) is 9.59 Å². The molecule has 0 unspecified atom stereocenters. The number of allylic oxidation sites excluding steroid dienone is 4. The molecule has 7 nitrogen and oxygen atoms in total. The van der Waals surface area contributed by atoms with Gasteiger partial charge in [0, 0.05) is 17.3 Å². The van der Waals surface area contributed by atoms with Gasteiger partial charge in [-0.3, -0.25) is 9.59 Å². The van der Waals surface area contributed by atoms with Crippen molar-refractivity contribution in [3.05, 3.63) is 108 Å². The molecule has 3 aromatic rings. The third-order valence-corrected chi connectivity index (χ3v) is 5.11. The van der Waals surface area contributed by atoms with Crippen molar-refractivity contribution >= 4 is 34.2 Å². The normalized spacial score (nSPS) is 12.8. The highest BCUT2D eigenvalue weighted by atomic mass is 16.5. The molecule has 0 atom stereocenters. The first-order valence-corrected chi connectivity index (χ1v) is 10.6. The van der Waals surface area contributed by atoms with Crippen molar-refractivity contribution in [3.8, 4) is 5.75 Å². The largest absolute Gasteiger partial charge is 0.482 e. The van der Waals surface area contributed by atoms with E-state index in [1.165, 1.54) is 6.07 Å². The molecule has 2 amide bonds. The summed E-state index contributed by atoms with van der Waals surface area (Å²) in [6, 6.07) is 19.6.